The summed E-state index contributed by atoms with van der Waals surface area (Å²) in [5.41, 5.74) is -0.967. The lowest BCUT2D eigenvalue weighted by Gasteiger charge is -2.39. The van der Waals surface area contributed by atoms with Crippen LogP contribution in [0.4, 0.5) is 0 Å². The molecule has 5 nitrogen and oxygen atoms in total. The minimum atomic E-state index is -3.31. The zero-order valence-corrected chi connectivity index (χ0v) is 10.9. The van der Waals surface area contributed by atoms with E-state index in [-0.39, 0.29) is 11.7 Å². The highest BCUT2D eigenvalue weighted by molar-refractivity contribution is 7.89. The molecule has 1 saturated heterocycles. The molecule has 0 unspecified atom stereocenters. The molecule has 1 rings (SSSR count). The first-order valence-electron chi connectivity index (χ1n) is 5.61. The molecule has 1 fully saturated rings. The van der Waals surface area contributed by atoms with Crippen molar-refractivity contribution in [3.63, 3.8) is 0 Å². The van der Waals surface area contributed by atoms with E-state index < -0.39 is 15.6 Å². The average molecular weight is 248 g/mol. The summed E-state index contributed by atoms with van der Waals surface area (Å²) in [6.45, 7) is 6.00. The molecule has 0 aromatic carbocycles. The number of rotatable bonds is 4. The van der Waals surface area contributed by atoms with Gasteiger partial charge in [0.1, 0.15) is 5.54 Å². The number of amides is 1. The van der Waals surface area contributed by atoms with Crippen molar-refractivity contribution in [2.24, 2.45) is 0 Å². The topological polar surface area (TPSA) is 66.5 Å². The maximum atomic E-state index is 12.1. The number of hydrogen-bond acceptors (Lipinski definition) is 3. The van der Waals surface area contributed by atoms with Crippen molar-refractivity contribution in [3.8, 4) is 0 Å². The molecule has 1 amide bonds. The lowest BCUT2D eigenvalue weighted by atomic mass is 10.0. The Balaban J connectivity index is 2.89. The number of carbonyl (C=O) groups is 1. The second kappa shape index (κ2) is 4.71. The van der Waals surface area contributed by atoms with Crippen LogP contribution >= 0.6 is 0 Å². The number of unbranched alkanes of at least 4 members (excludes halogenated alkanes) is 1. The van der Waals surface area contributed by atoms with E-state index in [9.17, 15) is 13.2 Å². The van der Waals surface area contributed by atoms with Gasteiger partial charge in [-0.15, -0.1) is 0 Å². The van der Waals surface area contributed by atoms with E-state index in [4.69, 9.17) is 0 Å². The fourth-order valence-electron chi connectivity index (χ4n) is 1.80. The summed E-state index contributed by atoms with van der Waals surface area (Å²) in [7, 11) is -3.31. The number of hydrogen-bond donors (Lipinski definition) is 1. The average Bonchev–Trinajstić information content (AvgIpc) is 2.19. The van der Waals surface area contributed by atoms with Gasteiger partial charge in [-0.1, -0.05) is 13.3 Å². The molecule has 0 radical (unpaired) electrons. The second-order valence-electron chi connectivity index (χ2n) is 4.56. The van der Waals surface area contributed by atoms with Gasteiger partial charge >= 0.3 is 0 Å². The second-order valence-corrected chi connectivity index (χ2v) is 6.57. The fraction of sp³-hybridized carbons (Fsp3) is 0.900. The summed E-state index contributed by atoms with van der Waals surface area (Å²) in [6, 6.07) is 0. The van der Waals surface area contributed by atoms with Gasteiger partial charge in [-0.2, -0.15) is 4.31 Å². The first kappa shape index (κ1) is 13.4. The standard InChI is InChI=1S/C10H20N2O3S/c1-4-5-8-16(14,15)12-7-6-11-9(13)10(12,2)3/h4-8H2,1-3H3,(H,11,13). The molecule has 0 aromatic rings. The molecule has 0 aliphatic carbocycles. The maximum absolute atomic E-state index is 12.1. The molecule has 1 heterocycles. The normalized spacial score (nSPS) is 21.8. The largest absolute Gasteiger partial charge is 0.353 e. The third kappa shape index (κ3) is 2.55. The highest BCUT2D eigenvalue weighted by Gasteiger charge is 2.43. The third-order valence-corrected chi connectivity index (χ3v) is 4.99. The summed E-state index contributed by atoms with van der Waals surface area (Å²) < 4.78 is 25.4. The van der Waals surface area contributed by atoms with E-state index >= 15 is 0 Å². The van der Waals surface area contributed by atoms with Crippen LogP contribution < -0.4 is 5.32 Å². The lowest BCUT2D eigenvalue weighted by molar-refractivity contribution is -0.131. The zero-order chi connectivity index (χ0) is 12.4. The van der Waals surface area contributed by atoms with Crippen LogP contribution in [-0.2, 0) is 14.8 Å². The predicted octanol–water partition coefficient (Wildman–Crippen LogP) is 0.327. The SMILES string of the molecule is CCCCS(=O)(=O)N1CCNC(=O)C1(C)C. The molecular formula is C10H20N2O3S. The van der Waals surface area contributed by atoms with Crippen molar-refractivity contribution >= 4 is 15.9 Å². The molecule has 0 atom stereocenters. The van der Waals surface area contributed by atoms with Crippen LogP contribution in [0.2, 0.25) is 0 Å². The summed E-state index contributed by atoms with van der Waals surface area (Å²) in [5.74, 6) is -0.0981. The first-order chi connectivity index (χ1) is 7.32. The van der Waals surface area contributed by atoms with Crippen molar-refractivity contribution in [2.45, 2.75) is 39.2 Å². The van der Waals surface area contributed by atoms with E-state index in [2.05, 4.69) is 5.32 Å². The molecule has 1 aliphatic rings. The Kier molecular flexibility index (Phi) is 3.96. The summed E-state index contributed by atoms with van der Waals surface area (Å²) in [4.78, 5) is 11.6. The Morgan fingerprint density at radius 1 is 1.44 bits per heavy atom. The number of nitrogens with one attached hydrogen (secondary N) is 1. The Labute approximate surface area is 97.2 Å². The minimum absolute atomic E-state index is 0.125. The van der Waals surface area contributed by atoms with Gasteiger partial charge in [0, 0.05) is 13.1 Å². The highest BCUT2D eigenvalue weighted by atomic mass is 32.2. The van der Waals surface area contributed by atoms with Crippen LogP contribution in [0.3, 0.4) is 0 Å². The van der Waals surface area contributed by atoms with E-state index in [1.54, 1.807) is 13.8 Å². The molecular weight excluding hydrogens is 228 g/mol. The molecule has 0 spiro atoms. The van der Waals surface area contributed by atoms with Gasteiger partial charge in [0.25, 0.3) is 0 Å². The van der Waals surface area contributed by atoms with Crippen molar-refractivity contribution in [1.82, 2.24) is 9.62 Å². The van der Waals surface area contributed by atoms with Gasteiger partial charge in [0.05, 0.1) is 5.75 Å². The Morgan fingerprint density at radius 3 is 2.62 bits per heavy atom. The number of nitrogens with zero attached hydrogens (tertiary/aromatic N) is 1. The molecule has 1 N–H and O–H groups in total. The Hall–Kier alpha value is -0.620. The van der Waals surface area contributed by atoms with Crippen molar-refractivity contribution < 1.29 is 13.2 Å². The van der Waals surface area contributed by atoms with Gasteiger partial charge in [0.15, 0.2) is 0 Å². The van der Waals surface area contributed by atoms with Crippen LogP contribution in [-0.4, -0.2) is 43.0 Å². The Bertz CT molecular complexity index is 362. The lowest BCUT2D eigenvalue weighted by Crippen LogP contribution is -2.63. The fourth-order valence-corrected chi connectivity index (χ4v) is 3.83. The molecule has 16 heavy (non-hydrogen) atoms. The van der Waals surface area contributed by atoms with Crippen LogP contribution in [0.5, 0.6) is 0 Å². The molecule has 0 aromatic heterocycles. The summed E-state index contributed by atoms with van der Waals surface area (Å²) >= 11 is 0. The summed E-state index contributed by atoms with van der Waals surface area (Å²) in [6.07, 6.45) is 1.47. The molecule has 0 bridgehead atoms. The van der Waals surface area contributed by atoms with E-state index in [0.29, 0.717) is 19.5 Å². The van der Waals surface area contributed by atoms with Crippen molar-refractivity contribution in [2.75, 3.05) is 18.8 Å². The van der Waals surface area contributed by atoms with Crippen LogP contribution in [0.15, 0.2) is 0 Å². The van der Waals surface area contributed by atoms with Gasteiger partial charge in [-0.05, 0) is 20.3 Å². The zero-order valence-electron chi connectivity index (χ0n) is 10.1. The van der Waals surface area contributed by atoms with E-state index in [0.717, 1.165) is 6.42 Å². The predicted molar refractivity (Wildman–Crippen MR) is 62.5 cm³/mol. The maximum Gasteiger partial charge on any atom is 0.241 e. The monoisotopic (exact) mass is 248 g/mol. The van der Waals surface area contributed by atoms with Crippen LogP contribution in [0.25, 0.3) is 0 Å². The Morgan fingerprint density at radius 2 is 2.06 bits per heavy atom. The smallest absolute Gasteiger partial charge is 0.241 e. The van der Waals surface area contributed by atoms with Crippen LogP contribution in [0.1, 0.15) is 33.6 Å². The van der Waals surface area contributed by atoms with E-state index in [1.165, 1.54) is 4.31 Å². The summed E-state index contributed by atoms with van der Waals surface area (Å²) in [5, 5.41) is 2.69. The third-order valence-electron chi connectivity index (χ3n) is 2.87. The van der Waals surface area contributed by atoms with Gasteiger partial charge in [-0.25, -0.2) is 8.42 Å². The molecule has 0 saturated carbocycles. The first-order valence-corrected chi connectivity index (χ1v) is 7.22. The molecule has 94 valence electrons. The molecule has 6 heteroatoms. The number of piperazine rings is 1. The minimum Gasteiger partial charge on any atom is -0.353 e. The van der Waals surface area contributed by atoms with Crippen molar-refractivity contribution in [3.05, 3.63) is 0 Å². The van der Waals surface area contributed by atoms with E-state index in [1.807, 2.05) is 6.92 Å². The number of sulfonamides is 1. The highest BCUT2D eigenvalue weighted by Crippen LogP contribution is 2.22. The van der Waals surface area contributed by atoms with Gasteiger partial charge in [0.2, 0.25) is 15.9 Å². The quantitative estimate of drug-likeness (QED) is 0.779. The van der Waals surface area contributed by atoms with Crippen LogP contribution in [0, 0.1) is 0 Å². The van der Waals surface area contributed by atoms with Crippen molar-refractivity contribution in [1.29, 1.82) is 0 Å². The molecule has 1 aliphatic heterocycles. The van der Waals surface area contributed by atoms with Gasteiger partial charge in [-0.3, -0.25) is 4.79 Å². The van der Waals surface area contributed by atoms with Gasteiger partial charge < -0.3 is 5.32 Å². The number of carbonyl (C=O) groups excluding carboxylic acids is 1.